The Balaban J connectivity index is 2.50. The smallest absolute Gasteiger partial charge is 0.251 e. The highest BCUT2D eigenvalue weighted by Crippen LogP contribution is 2.17. The summed E-state index contributed by atoms with van der Waals surface area (Å²) in [6, 6.07) is 5.63. The molecule has 0 atom stereocenters. The second-order valence-electron chi connectivity index (χ2n) is 3.68. The number of aryl methyl sites for hydroxylation is 1. The lowest BCUT2D eigenvalue weighted by Gasteiger charge is -2.06. The molecule has 88 valence electrons. The number of hydrogen-bond acceptors (Lipinski definition) is 2. The summed E-state index contributed by atoms with van der Waals surface area (Å²) in [4.78, 5) is 11.7. The molecule has 0 aromatic heterocycles. The Bertz CT molecular complexity index is 366. The quantitative estimate of drug-likeness (QED) is 0.813. The number of carbonyl (C=O) groups excluding carboxylic acids is 1. The minimum Gasteiger partial charge on any atom is -0.352 e. The van der Waals surface area contributed by atoms with Crippen molar-refractivity contribution in [3.05, 3.63) is 33.8 Å². The van der Waals surface area contributed by atoms with Gasteiger partial charge in [-0.1, -0.05) is 22.0 Å². The summed E-state index contributed by atoms with van der Waals surface area (Å²) in [7, 11) is 1.90. The fourth-order valence-electron chi connectivity index (χ4n) is 1.30. The Kier molecular flexibility index (Phi) is 5.49. The van der Waals surface area contributed by atoms with Crippen LogP contribution in [0.4, 0.5) is 0 Å². The molecule has 0 unspecified atom stereocenters. The van der Waals surface area contributed by atoms with Gasteiger partial charge in [-0.2, -0.15) is 0 Å². The van der Waals surface area contributed by atoms with Crippen LogP contribution in [-0.4, -0.2) is 26.0 Å². The molecule has 0 radical (unpaired) electrons. The molecular formula is C12H17BrN2O. The van der Waals surface area contributed by atoms with Crippen LogP contribution in [0.5, 0.6) is 0 Å². The van der Waals surface area contributed by atoms with Crippen molar-refractivity contribution in [3.8, 4) is 0 Å². The van der Waals surface area contributed by atoms with Crippen molar-refractivity contribution in [1.82, 2.24) is 10.6 Å². The van der Waals surface area contributed by atoms with E-state index in [4.69, 9.17) is 0 Å². The van der Waals surface area contributed by atoms with E-state index in [1.165, 1.54) is 0 Å². The first kappa shape index (κ1) is 13.2. The van der Waals surface area contributed by atoms with E-state index in [0.29, 0.717) is 12.1 Å². The normalized spacial score (nSPS) is 10.2. The van der Waals surface area contributed by atoms with E-state index in [1.807, 2.05) is 32.2 Å². The Morgan fingerprint density at radius 1 is 1.38 bits per heavy atom. The molecule has 1 aromatic rings. The van der Waals surface area contributed by atoms with Crippen LogP contribution in [0.15, 0.2) is 22.7 Å². The highest BCUT2D eigenvalue weighted by atomic mass is 79.9. The van der Waals surface area contributed by atoms with E-state index < -0.39 is 0 Å². The minimum atomic E-state index is -0.0168. The molecular weight excluding hydrogens is 268 g/mol. The highest BCUT2D eigenvalue weighted by Gasteiger charge is 2.05. The topological polar surface area (TPSA) is 41.1 Å². The van der Waals surface area contributed by atoms with Crippen LogP contribution < -0.4 is 10.6 Å². The molecule has 0 saturated heterocycles. The second-order valence-corrected chi connectivity index (χ2v) is 4.53. The van der Waals surface area contributed by atoms with Crippen LogP contribution >= 0.6 is 15.9 Å². The Hall–Kier alpha value is -0.870. The fourth-order valence-corrected chi connectivity index (χ4v) is 1.68. The van der Waals surface area contributed by atoms with Crippen molar-refractivity contribution in [2.24, 2.45) is 0 Å². The Labute approximate surface area is 105 Å². The van der Waals surface area contributed by atoms with E-state index in [9.17, 15) is 4.79 Å². The molecule has 16 heavy (non-hydrogen) atoms. The maximum atomic E-state index is 11.7. The van der Waals surface area contributed by atoms with Crippen molar-refractivity contribution in [1.29, 1.82) is 0 Å². The average Bonchev–Trinajstić information content (AvgIpc) is 2.28. The van der Waals surface area contributed by atoms with Crippen molar-refractivity contribution in [2.45, 2.75) is 13.3 Å². The summed E-state index contributed by atoms with van der Waals surface area (Å²) in [5.74, 6) is -0.0168. The van der Waals surface area contributed by atoms with Gasteiger partial charge in [0.15, 0.2) is 0 Å². The number of halogens is 1. The highest BCUT2D eigenvalue weighted by molar-refractivity contribution is 9.10. The molecule has 0 fully saturated rings. The third kappa shape index (κ3) is 3.94. The molecule has 2 N–H and O–H groups in total. The monoisotopic (exact) mass is 284 g/mol. The first-order chi connectivity index (χ1) is 7.65. The predicted molar refractivity (Wildman–Crippen MR) is 69.8 cm³/mol. The standard InChI is InChI=1S/C12H17BrN2O/c1-9-4-5-10(8-11(9)13)12(16)15-7-3-6-14-2/h4-5,8,14H,3,6-7H2,1-2H3,(H,15,16). The molecule has 0 aliphatic rings. The zero-order chi connectivity index (χ0) is 12.0. The van der Waals surface area contributed by atoms with Gasteiger partial charge in [-0.25, -0.2) is 0 Å². The molecule has 1 amide bonds. The van der Waals surface area contributed by atoms with Gasteiger partial charge < -0.3 is 10.6 Å². The molecule has 3 nitrogen and oxygen atoms in total. The van der Waals surface area contributed by atoms with E-state index in [1.54, 1.807) is 0 Å². The summed E-state index contributed by atoms with van der Waals surface area (Å²) in [6.07, 6.45) is 0.940. The zero-order valence-corrected chi connectivity index (χ0v) is 11.2. The van der Waals surface area contributed by atoms with Crippen LogP contribution in [0, 0.1) is 6.92 Å². The molecule has 0 aliphatic heterocycles. The number of rotatable bonds is 5. The maximum absolute atomic E-state index is 11.7. The average molecular weight is 285 g/mol. The first-order valence-corrected chi connectivity index (χ1v) is 6.13. The second kappa shape index (κ2) is 6.66. The molecule has 0 heterocycles. The lowest BCUT2D eigenvalue weighted by molar-refractivity contribution is 0.0953. The largest absolute Gasteiger partial charge is 0.352 e. The van der Waals surface area contributed by atoms with Crippen LogP contribution in [0.1, 0.15) is 22.3 Å². The summed E-state index contributed by atoms with van der Waals surface area (Å²) in [5.41, 5.74) is 1.83. The van der Waals surface area contributed by atoms with Crippen LogP contribution in [0.25, 0.3) is 0 Å². The van der Waals surface area contributed by atoms with Gasteiger partial charge in [0.2, 0.25) is 0 Å². The number of nitrogens with one attached hydrogen (secondary N) is 2. The van der Waals surface area contributed by atoms with Gasteiger partial charge in [0.25, 0.3) is 5.91 Å². The van der Waals surface area contributed by atoms with E-state index in [2.05, 4.69) is 26.6 Å². The lowest BCUT2D eigenvalue weighted by Crippen LogP contribution is -2.26. The molecule has 0 aliphatic carbocycles. The van der Waals surface area contributed by atoms with E-state index in [0.717, 1.165) is 23.0 Å². The first-order valence-electron chi connectivity index (χ1n) is 5.34. The van der Waals surface area contributed by atoms with Gasteiger partial charge in [0, 0.05) is 16.6 Å². The molecule has 1 rings (SSSR count). The number of hydrogen-bond donors (Lipinski definition) is 2. The van der Waals surface area contributed by atoms with Crippen LogP contribution in [-0.2, 0) is 0 Å². The van der Waals surface area contributed by atoms with Gasteiger partial charge >= 0.3 is 0 Å². The Morgan fingerprint density at radius 2 is 2.12 bits per heavy atom. The van der Waals surface area contributed by atoms with Crippen molar-refractivity contribution in [3.63, 3.8) is 0 Å². The summed E-state index contributed by atoms with van der Waals surface area (Å²) < 4.78 is 0.968. The number of benzene rings is 1. The molecule has 0 spiro atoms. The maximum Gasteiger partial charge on any atom is 0.251 e. The van der Waals surface area contributed by atoms with Gasteiger partial charge in [-0.05, 0) is 44.6 Å². The number of amides is 1. The van der Waals surface area contributed by atoms with Crippen molar-refractivity contribution in [2.75, 3.05) is 20.1 Å². The van der Waals surface area contributed by atoms with Gasteiger partial charge in [0.05, 0.1) is 0 Å². The third-order valence-corrected chi connectivity index (χ3v) is 3.18. The van der Waals surface area contributed by atoms with Gasteiger partial charge in [-0.3, -0.25) is 4.79 Å². The number of carbonyl (C=O) groups is 1. The molecule has 0 saturated carbocycles. The Morgan fingerprint density at radius 3 is 2.75 bits per heavy atom. The summed E-state index contributed by atoms with van der Waals surface area (Å²) >= 11 is 3.42. The molecule has 0 bridgehead atoms. The van der Waals surface area contributed by atoms with Crippen molar-refractivity contribution >= 4 is 21.8 Å². The van der Waals surface area contributed by atoms with Crippen molar-refractivity contribution < 1.29 is 4.79 Å². The zero-order valence-electron chi connectivity index (χ0n) is 9.64. The van der Waals surface area contributed by atoms with Crippen LogP contribution in [0.2, 0.25) is 0 Å². The summed E-state index contributed by atoms with van der Waals surface area (Å²) in [6.45, 7) is 3.61. The molecule has 1 aromatic carbocycles. The molecule has 4 heteroatoms. The van der Waals surface area contributed by atoms with Gasteiger partial charge in [0.1, 0.15) is 0 Å². The fraction of sp³-hybridized carbons (Fsp3) is 0.417. The summed E-state index contributed by atoms with van der Waals surface area (Å²) in [5, 5.41) is 5.92. The SMILES string of the molecule is CNCCCNC(=O)c1ccc(C)c(Br)c1. The van der Waals surface area contributed by atoms with Gasteiger partial charge in [-0.15, -0.1) is 0 Å². The third-order valence-electron chi connectivity index (χ3n) is 2.32. The van der Waals surface area contributed by atoms with E-state index >= 15 is 0 Å². The van der Waals surface area contributed by atoms with E-state index in [-0.39, 0.29) is 5.91 Å². The lowest BCUT2D eigenvalue weighted by atomic mass is 10.1. The predicted octanol–water partition coefficient (Wildman–Crippen LogP) is 2.10. The minimum absolute atomic E-state index is 0.0168. The van der Waals surface area contributed by atoms with Crippen LogP contribution in [0.3, 0.4) is 0 Å².